The standard InChI is InChI=1S/C21H22N4O2S2/c1-13-3-4-14(2)18(11-13)29-17-9-5-15(6-10-17)22-19(26)12-28-21-24-23-20(27)25(21)16-7-8-16/h3-6,9-11,16H,7-8,12H2,1-2H3,(H,22,26)(H,23,27). The number of carbonyl (C=O) groups excluding carboxylic acids is 1. The second-order valence-corrected chi connectivity index (χ2v) is 9.20. The molecular weight excluding hydrogens is 404 g/mol. The maximum Gasteiger partial charge on any atom is 0.344 e. The van der Waals surface area contributed by atoms with Crippen LogP contribution >= 0.6 is 23.5 Å². The van der Waals surface area contributed by atoms with Gasteiger partial charge in [-0.3, -0.25) is 9.36 Å². The lowest BCUT2D eigenvalue weighted by Gasteiger charge is -2.09. The molecule has 1 aliphatic rings. The van der Waals surface area contributed by atoms with Crippen LogP contribution in [0.3, 0.4) is 0 Å². The highest BCUT2D eigenvalue weighted by atomic mass is 32.2. The number of nitrogens with zero attached hydrogens (tertiary/aromatic N) is 2. The van der Waals surface area contributed by atoms with E-state index in [4.69, 9.17) is 0 Å². The minimum Gasteiger partial charge on any atom is -0.325 e. The molecule has 1 aliphatic carbocycles. The molecule has 1 aromatic heterocycles. The van der Waals surface area contributed by atoms with Crippen LogP contribution < -0.4 is 11.0 Å². The van der Waals surface area contributed by atoms with Crippen molar-refractivity contribution in [3.8, 4) is 0 Å². The summed E-state index contributed by atoms with van der Waals surface area (Å²) in [5.41, 5.74) is 3.04. The summed E-state index contributed by atoms with van der Waals surface area (Å²) in [6.45, 7) is 4.20. The topological polar surface area (TPSA) is 79.8 Å². The van der Waals surface area contributed by atoms with E-state index >= 15 is 0 Å². The van der Waals surface area contributed by atoms with Gasteiger partial charge in [0.2, 0.25) is 5.91 Å². The SMILES string of the molecule is Cc1ccc(C)c(Sc2ccc(NC(=O)CSc3n[nH]c(=O)n3C3CC3)cc2)c1. The normalized spacial score (nSPS) is 13.4. The van der Waals surface area contributed by atoms with E-state index in [1.807, 2.05) is 24.3 Å². The molecule has 0 bridgehead atoms. The first-order valence-corrected chi connectivity index (χ1v) is 11.2. The fourth-order valence-corrected chi connectivity index (χ4v) is 4.74. The number of aryl methyl sites for hydroxylation is 2. The van der Waals surface area contributed by atoms with E-state index in [0.717, 1.165) is 23.4 Å². The summed E-state index contributed by atoms with van der Waals surface area (Å²) in [6, 6.07) is 14.5. The molecule has 0 radical (unpaired) electrons. The van der Waals surface area contributed by atoms with Crippen LogP contribution in [-0.2, 0) is 4.79 Å². The van der Waals surface area contributed by atoms with Gasteiger partial charge in [0.25, 0.3) is 0 Å². The molecule has 2 N–H and O–H groups in total. The zero-order valence-electron chi connectivity index (χ0n) is 16.3. The Bertz CT molecular complexity index is 1080. The van der Waals surface area contributed by atoms with E-state index < -0.39 is 0 Å². The Balaban J connectivity index is 1.33. The van der Waals surface area contributed by atoms with Gasteiger partial charge in [-0.15, -0.1) is 5.10 Å². The number of rotatable bonds is 7. The molecule has 2 aromatic carbocycles. The number of aromatic amines is 1. The molecule has 1 saturated carbocycles. The second-order valence-electron chi connectivity index (χ2n) is 7.14. The molecule has 1 heterocycles. The van der Waals surface area contributed by atoms with E-state index in [2.05, 4.69) is 47.6 Å². The Morgan fingerprint density at radius 1 is 1.21 bits per heavy atom. The molecule has 0 unspecified atom stereocenters. The average molecular weight is 427 g/mol. The lowest BCUT2D eigenvalue weighted by atomic mass is 10.2. The van der Waals surface area contributed by atoms with Gasteiger partial charge in [0.15, 0.2) is 5.16 Å². The van der Waals surface area contributed by atoms with Gasteiger partial charge < -0.3 is 5.32 Å². The molecule has 0 atom stereocenters. The number of hydrogen-bond acceptors (Lipinski definition) is 5. The molecule has 0 spiro atoms. The Kier molecular flexibility index (Phi) is 5.82. The van der Waals surface area contributed by atoms with Gasteiger partial charge in [-0.1, -0.05) is 35.7 Å². The fourth-order valence-electron chi connectivity index (χ4n) is 2.92. The van der Waals surface area contributed by atoms with Gasteiger partial charge in [0.1, 0.15) is 0 Å². The van der Waals surface area contributed by atoms with Crippen LogP contribution in [0.2, 0.25) is 0 Å². The first-order valence-electron chi connectivity index (χ1n) is 9.44. The van der Waals surface area contributed by atoms with E-state index in [1.165, 1.54) is 27.8 Å². The van der Waals surface area contributed by atoms with Gasteiger partial charge in [-0.2, -0.15) is 0 Å². The maximum atomic E-state index is 12.3. The largest absolute Gasteiger partial charge is 0.344 e. The predicted molar refractivity (Wildman–Crippen MR) is 117 cm³/mol. The van der Waals surface area contributed by atoms with Crippen molar-refractivity contribution in [2.45, 2.75) is 47.7 Å². The maximum absolute atomic E-state index is 12.3. The van der Waals surface area contributed by atoms with Crippen LogP contribution in [0.15, 0.2) is 62.2 Å². The molecular formula is C21H22N4O2S2. The fraction of sp³-hybridized carbons (Fsp3) is 0.286. The number of nitrogens with one attached hydrogen (secondary N) is 2. The first kappa shape index (κ1) is 19.8. The molecule has 6 nitrogen and oxygen atoms in total. The van der Waals surface area contributed by atoms with Gasteiger partial charge in [-0.25, -0.2) is 9.89 Å². The summed E-state index contributed by atoms with van der Waals surface area (Å²) >= 11 is 2.99. The van der Waals surface area contributed by atoms with E-state index in [0.29, 0.717) is 5.16 Å². The lowest BCUT2D eigenvalue weighted by molar-refractivity contribution is -0.113. The Morgan fingerprint density at radius 3 is 2.69 bits per heavy atom. The van der Waals surface area contributed by atoms with Crippen LogP contribution in [0.4, 0.5) is 5.69 Å². The van der Waals surface area contributed by atoms with Crippen molar-refractivity contribution >= 4 is 35.1 Å². The van der Waals surface area contributed by atoms with Crippen molar-refractivity contribution in [1.29, 1.82) is 0 Å². The van der Waals surface area contributed by atoms with Crippen molar-refractivity contribution < 1.29 is 4.79 Å². The zero-order chi connectivity index (χ0) is 20.4. The van der Waals surface area contributed by atoms with Crippen LogP contribution in [0.25, 0.3) is 0 Å². The number of thioether (sulfide) groups is 1. The van der Waals surface area contributed by atoms with Crippen LogP contribution in [0.5, 0.6) is 0 Å². The number of amides is 1. The number of anilines is 1. The van der Waals surface area contributed by atoms with E-state index in [1.54, 1.807) is 16.3 Å². The Labute approximate surface area is 177 Å². The highest BCUT2D eigenvalue weighted by Crippen LogP contribution is 2.36. The van der Waals surface area contributed by atoms with E-state index in [-0.39, 0.29) is 23.4 Å². The van der Waals surface area contributed by atoms with Crippen LogP contribution in [0.1, 0.15) is 30.0 Å². The van der Waals surface area contributed by atoms with Crippen LogP contribution in [-0.4, -0.2) is 26.4 Å². The highest BCUT2D eigenvalue weighted by molar-refractivity contribution is 7.99. The summed E-state index contributed by atoms with van der Waals surface area (Å²) in [7, 11) is 0. The second kappa shape index (κ2) is 8.51. The first-order chi connectivity index (χ1) is 14.0. The monoisotopic (exact) mass is 426 g/mol. The van der Waals surface area contributed by atoms with Crippen molar-refractivity contribution in [3.05, 3.63) is 64.1 Å². The van der Waals surface area contributed by atoms with Crippen molar-refractivity contribution in [3.63, 3.8) is 0 Å². The van der Waals surface area contributed by atoms with Crippen molar-refractivity contribution in [2.24, 2.45) is 0 Å². The smallest absolute Gasteiger partial charge is 0.325 e. The quantitative estimate of drug-likeness (QED) is 0.547. The molecule has 1 amide bonds. The highest BCUT2D eigenvalue weighted by Gasteiger charge is 2.28. The summed E-state index contributed by atoms with van der Waals surface area (Å²) in [4.78, 5) is 26.4. The summed E-state index contributed by atoms with van der Waals surface area (Å²) in [6.07, 6.45) is 1.98. The minimum atomic E-state index is -0.202. The zero-order valence-corrected chi connectivity index (χ0v) is 17.9. The number of aromatic nitrogens is 3. The number of benzene rings is 2. The van der Waals surface area contributed by atoms with Crippen LogP contribution in [0, 0.1) is 13.8 Å². The van der Waals surface area contributed by atoms with E-state index in [9.17, 15) is 9.59 Å². The molecule has 1 fully saturated rings. The molecule has 0 saturated heterocycles. The summed E-state index contributed by atoms with van der Waals surface area (Å²) in [5.74, 6) is 0.0819. The van der Waals surface area contributed by atoms with Gasteiger partial charge in [0.05, 0.1) is 5.75 Å². The Morgan fingerprint density at radius 2 is 1.97 bits per heavy atom. The lowest BCUT2D eigenvalue weighted by Crippen LogP contribution is -2.17. The molecule has 4 rings (SSSR count). The third-order valence-corrected chi connectivity index (χ3v) is 6.75. The third kappa shape index (κ3) is 4.94. The number of H-pyrrole nitrogens is 1. The minimum absolute atomic E-state index is 0.122. The van der Waals surface area contributed by atoms with Gasteiger partial charge in [0, 0.05) is 21.5 Å². The molecule has 150 valence electrons. The third-order valence-electron chi connectivity index (χ3n) is 4.63. The number of carbonyl (C=O) groups is 1. The Hall–Kier alpha value is -2.45. The summed E-state index contributed by atoms with van der Waals surface area (Å²) < 4.78 is 1.65. The summed E-state index contributed by atoms with van der Waals surface area (Å²) in [5, 5.41) is 9.97. The van der Waals surface area contributed by atoms with Crippen molar-refractivity contribution in [2.75, 3.05) is 11.1 Å². The number of hydrogen-bond donors (Lipinski definition) is 2. The van der Waals surface area contributed by atoms with Gasteiger partial charge >= 0.3 is 5.69 Å². The molecule has 29 heavy (non-hydrogen) atoms. The molecule has 8 heteroatoms. The average Bonchev–Trinajstić information content (AvgIpc) is 3.47. The van der Waals surface area contributed by atoms with Gasteiger partial charge in [-0.05, 0) is 68.1 Å². The molecule has 0 aliphatic heterocycles. The van der Waals surface area contributed by atoms with Crippen molar-refractivity contribution in [1.82, 2.24) is 14.8 Å². The molecule has 3 aromatic rings. The predicted octanol–water partition coefficient (Wildman–Crippen LogP) is 4.41.